The first-order valence-electron chi connectivity index (χ1n) is 22.6. The Morgan fingerprint density at radius 3 is 1.14 bits per heavy atom. The Bertz CT molecular complexity index is 1090. The van der Waals surface area contributed by atoms with Crippen LogP contribution in [0.1, 0.15) is 154 Å². The van der Waals surface area contributed by atoms with Gasteiger partial charge in [0.2, 0.25) is 11.9 Å². The van der Waals surface area contributed by atoms with Gasteiger partial charge < -0.3 is 29.9 Å². The van der Waals surface area contributed by atoms with Crippen LogP contribution in [0.25, 0.3) is 0 Å². The van der Waals surface area contributed by atoms with Gasteiger partial charge in [-0.15, -0.1) is 24.8 Å². The third-order valence-electron chi connectivity index (χ3n) is 12.7. The topological polar surface area (TPSA) is 114 Å². The summed E-state index contributed by atoms with van der Waals surface area (Å²) in [6, 6.07) is 1.06. The second kappa shape index (κ2) is 26.2. The number of nitrogens with one attached hydrogen (secondary N) is 2. The fraction of sp³-hybridized carbons (Fsp3) is 0.905. The van der Waals surface area contributed by atoms with Crippen LogP contribution < -0.4 is 10.6 Å². The number of hydrogen-bond donors (Lipinski definition) is 2. The lowest BCUT2D eigenvalue weighted by Crippen LogP contribution is -2.58. The van der Waals surface area contributed by atoms with Gasteiger partial charge in [0.1, 0.15) is 0 Å². The minimum atomic E-state index is 0. The summed E-state index contributed by atoms with van der Waals surface area (Å²) in [5.41, 5.74) is 0. The molecule has 14 heteroatoms. The highest BCUT2D eigenvalue weighted by atomic mass is 35.5. The SMILES string of the molecule is Cl.Cl.O=C(NCCCCCCNC(=O)N(C(=NC1CCCCC1)N1CCOCC1)C1CCCCC1)N(C(=NC1CCCCC1)N1CCOCC1)C1CCCCC1. The lowest BCUT2D eigenvalue weighted by atomic mass is 9.94. The number of aliphatic imine (C=N–C) groups is 2. The van der Waals surface area contributed by atoms with Crippen LogP contribution in [-0.4, -0.2) is 133 Å². The van der Waals surface area contributed by atoms with Crippen LogP contribution in [0.15, 0.2) is 9.98 Å². The number of carbonyl (C=O) groups is 2. The molecule has 0 atom stereocenters. The highest BCUT2D eigenvalue weighted by Crippen LogP contribution is 2.28. The van der Waals surface area contributed by atoms with Crippen LogP contribution in [-0.2, 0) is 9.47 Å². The van der Waals surface area contributed by atoms with E-state index in [1.165, 1.54) is 77.0 Å². The number of guanidine groups is 2. The second-order valence-electron chi connectivity index (χ2n) is 16.8. The summed E-state index contributed by atoms with van der Waals surface area (Å²) >= 11 is 0. The molecule has 2 aliphatic heterocycles. The maximum Gasteiger partial charge on any atom is 0.324 e. The molecule has 6 aliphatic rings. The zero-order chi connectivity index (χ0) is 37.2. The minimum Gasteiger partial charge on any atom is -0.378 e. The number of carbonyl (C=O) groups excluding carboxylic acids is 2. The zero-order valence-electron chi connectivity index (χ0n) is 34.5. The van der Waals surface area contributed by atoms with E-state index >= 15 is 0 Å². The Labute approximate surface area is 350 Å². The van der Waals surface area contributed by atoms with E-state index in [0.717, 1.165) is 115 Å². The number of unbranched alkanes of at least 4 members (excludes halogenated alkanes) is 3. The molecule has 0 spiro atoms. The molecule has 6 rings (SSSR count). The number of amides is 4. The molecule has 0 aromatic rings. The fourth-order valence-corrected chi connectivity index (χ4v) is 9.55. The average Bonchev–Trinajstić information content (AvgIpc) is 3.23. The lowest BCUT2D eigenvalue weighted by molar-refractivity contribution is 0.0605. The van der Waals surface area contributed by atoms with Crippen molar-refractivity contribution in [3.8, 4) is 0 Å². The van der Waals surface area contributed by atoms with E-state index < -0.39 is 0 Å². The second-order valence-corrected chi connectivity index (χ2v) is 16.8. The monoisotopic (exact) mass is 827 g/mol. The predicted octanol–water partition coefficient (Wildman–Crippen LogP) is 8.12. The van der Waals surface area contributed by atoms with Gasteiger partial charge in [-0.05, 0) is 64.2 Å². The van der Waals surface area contributed by atoms with Crippen molar-refractivity contribution in [2.75, 3.05) is 65.7 Å². The van der Waals surface area contributed by atoms with Crippen molar-refractivity contribution >= 4 is 48.8 Å². The molecule has 322 valence electrons. The molecule has 4 saturated carbocycles. The van der Waals surface area contributed by atoms with Crippen molar-refractivity contribution in [2.24, 2.45) is 9.98 Å². The predicted molar refractivity (Wildman–Crippen MR) is 231 cm³/mol. The molecule has 2 N–H and O–H groups in total. The summed E-state index contributed by atoms with van der Waals surface area (Å²) in [7, 11) is 0. The van der Waals surface area contributed by atoms with Crippen molar-refractivity contribution in [3.05, 3.63) is 0 Å². The van der Waals surface area contributed by atoms with Crippen LogP contribution in [0.5, 0.6) is 0 Å². The summed E-state index contributed by atoms with van der Waals surface area (Å²) in [4.78, 5) is 47.6. The standard InChI is InChI=1S/C42H74N8O4.2ClH/c51-41(49(37-21-11-5-12-22-37)39(47-27-31-53-32-28-47)45-35-17-7-3-8-18-35)43-25-15-1-2-16-26-44-42(52)50(38-23-13-6-14-24-38)40(48-29-33-54-34-30-48)46-36-19-9-4-10-20-36;;/h35-38H,1-34H2,(H,43,51)(H,44,52);2*1H. The van der Waals surface area contributed by atoms with Gasteiger partial charge in [-0.25, -0.2) is 19.6 Å². The molecule has 4 aliphatic carbocycles. The third kappa shape index (κ3) is 14.4. The fourth-order valence-electron chi connectivity index (χ4n) is 9.55. The zero-order valence-corrected chi connectivity index (χ0v) is 36.1. The first kappa shape index (κ1) is 46.7. The van der Waals surface area contributed by atoms with Crippen LogP contribution >= 0.6 is 24.8 Å². The molecule has 2 saturated heterocycles. The molecular weight excluding hydrogens is 751 g/mol. The molecule has 0 unspecified atom stereocenters. The molecule has 12 nitrogen and oxygen atoms in total. The molecule has 56 heavy (non-hydrogen) atoms. The van der Waals surface area contributed by atoms with Crippen LogP contribution in [0.3, 0.4) is 0 Å². The highest BCUT2D eigenvalue weighted by Gasteiger charge is 2.35. The molecule has 4 amide bonds. The van der Waals surface area contributed by atoms with Crippen molar-refractivity contribution in [3.63, 3.8) is 0 Å². The van der Waals surface area contributed by atoms with Gasteiger partial charge in [0, 0.05) is 51.4 Å². The molecule has 0 bridgehead atoms. The number of morpholine rings is 2. The Morgan fingerprint density at radius 2 is 0.804 bits per heavy atom. The number of ether oxygens (including phenoxy) is 2. The first-order valence-corrected chi connectivity index (χ1v) is 22.6. The van der Waals surface area contributed by atoms with Crippen molar-refractivity contribution < 1.29 is 19.1 Å². The summed E-state index contributed by atoms with van der Waals surface area (Å²) < 4.78 is 11.4. The van der Waals surface area contributed by atoms with E-state index in [9.17, 15) is 9.59 Å². The van der Waals surface area contributed by atoms with E-state index in [-0.39, 0.29) is 49.0 Å². The van der Waals surface area contributed by atoms with E-state index in [2.05, 4.69) is 30.2 Å². The van der Waals surface area contributed by atoms with Gasteiger partial charge in [-0.1, -0.05) is 89.9 Å². The summed E-state index contributed by atoms with van der Waals surface area (Å²) in [6.45, 7) is 7.22. The number of rotatable bonds is 11. The van der Waals surface area contributed by atoms with Crippen LogP contribution in [0.2, 0.25) is 0 Å². The van der Waals surface area contributed by atoms with Gasteiger partial charge in [-0.2, -0.15) is 0 Å². The normalized spacial score (nSPS) is 22.8. The molecule has 2 heterocycles. The van der Waals surface area contributed by atoms with E-state index in [1.54, 1.807) is 0 Å². The van der Waals surface area contributed by atoms with Gasteiger partial charge in [-0.3, -0.25) is 9.80 Å². The summed E-state index contributed by atoms with van der Waals surface area (Å²) in [5.74, 6) is 1.79. The minimum absolute atomic E-state index is 0. The summed E-state index contributed by atoms with van der Waals surface area (Å²) in [5, 5.41) is 6.64. The van der Waals surface area contributed by atoms with Crippen molar-refractivity contribution in [1.29, 1.82) is 0 Å². The highest BCUT2D eigenvalue weighted by molar-refractivity contribution is 5.97. The molecule has 6 fully saturated rings. The average molecular weight is 828 g/mol. The quantitative estimate of drug-likeness (QED) is 0.124. The lowest BCUT2D eigenvalue weighted by Gasteiger charge is -2.41. The van der Waals surface area contributed by atoms with E-state index in [4.69, 9.17) is 19.5 Å². The summed E-state index contributed by atoms with van der Waals surface area (Å²) in [6.07, 6.45) is 27.2. The first-order chi connectivity index (χ1) is 26.7. The third-order valence-corrected chi connectivity index (χ3v) is 12.7. The number of halogens is 2. The Morgan fingerprint density at radius 1 is 0.482 bits per heavy atom. The number of urea groups is 2. The molecule has 0 radical (unpaired) electrons. The molecule has 0 aromatic heterocycles. The van der Waals surface area contributed by atoms with Crippen LogP contribution in [0.4, 0.5) is 9.59 Å². The maximum absolute atomic E-state index is 14.1. The molecule has 0 aromatic carbocycles. The largest absolute Gasteiger partial charge is 0.378 e. The van der Waals surface area contributed by atoms with Gasteiger partial charge in [0.15, 0.2) is 0 Å². The van der Waals surface area contributed by atoms with E-state index in [1.807, 2.05) is 0 Å². The van der Waals surface area contributed by atoms with Gasteiger partial charge in [0.25, 0.3) is 0 Å². The van der Waals surface area contributed by atoms with Crippen LogP contribution in [0, 0.1) is 0 Å². The Hall–Kier alpha value is -2.02. The smallest absolute Gasteiger partial charge is 0.324 e. The van der Waals surface area contributed by atoms with Crippen molar-refractivity contribution in [2.45, 2.75) is 178 Å². The number of nitrogens with zero attached hydrogens (tertiary/aromatic N) is 6. The van der Waals surface area contributed by atoms with Gasteiger partial charge >= 0.3 is 12.1 Å². The maximum atomic E-state index is 14.1. The van der Waals surface area contributed by atoms with Crippen molar-refractivity contribution in [1.82, 2.24) is 30.2 Å². The molecular formula is C42H76Cl2N8O4. The van der Waals surface area contributed by atoms with Gasteiger partial charge in [0.05, 0.1) is 38.5 Å². The number of hydrogen-bond acceptors (Lipinski definition) is 6. The Kier molecular flexibility index (Phi) is 21.8. The Balaban J connectivity index is 0.00000348. The van der Waals surface area contributed by atoms with E-state index in [0.29, 0.717) is 51.6 Å².